The summed E-state index contributed by atoms with van der Waals surface area (Å²) in [5.41, 5.74) is 5.02. The molecule has 2 aromatic rings. The number of halogens is 1. The van der Waals surface area contributed by atoms with Crippen molar-refractivity contribution in [3.8, 4) is 0 Å². The van der Waals surface area contributed by atoms with Gasteiger partial charge < -0.3 is 4.98 Å². The lowest BCUT2D eigenvalue weighted by atomic mass is 10.2. The summed E-state index contributed by atoms with van der Waals surface area (Å²) in [5.74, 6) is -0.274. The van der Waals surface area contributed by atoms with E-state index < -0.39 is 0 Å². The summed E-state index contributed by atoms with van der Waals surface area (Å²) < 4.78 is 0.829. The third kappa shape index (κ3) is 3.30. The molecule has 0 unspecified atom stereocenters. The predicted octanol–water partition coefficient (Wildman–Crippen LogP) is 2.85. The maximum atomic E-state index is 11.6. The Labute approximate surface area is 113 Å². The van der Waals surface area contributed by atoms with Crippen molar-refractivity contribution < 1.29 is 4.79 Å². The number of benzene rings is 1. The second kappa shape index (κ2) is 5.64. The summed E-state index contributed by atoms with van der Waals surface area (Å²) in [6, 6.07) is 9.55. The topological polar surface area (TPSA) is 57.2 Å². The molecule has 1 heterocycles. The Hall–Kier alpha value is -1.88. The van der Waals surface area contributed by atoms with Gasteiger partial charge >= 0.3 is 0 Å². The number of nitrogens with zero attached hydrogens (tertiary/aromatic N) is 1. The number of hydrogen-bond donors (Lipinski definition) is 2. The van der Waals surface area contributed by atoms with Crippen LogP contribution in [0.25, 0.3) is 0 Å². The van der Waals surface area contributed by atoms with Crippen LogP contribution in [0, 0.1) is 6.92 Å². The van der Waals surface area contributed by atoms with E-state index in [1.807, 2.05) is 31.2 Å². The van der Waals surface area contributed by atoms with Gasteiger partial charge in [0.05, 0.1) is 6.21 Å². The SMILES string of the molecule is Cc1cccc(/C=N\NC(=O)c2cc(Br)c[nH]2)c1. The van der Waals surface area contributed by atoms with Crippen LogP contribution in [0.5, 0.6) is 0 Å². The zero-order valence-corrected chi connectivity index (χ0v) is 11.4. The van der Waals surface area contributed by atoms with Crippen LogP contribution in [0.3, 0.4) is 0 Å². The number of rotatable bonds is 3. The van der Waals surface area contributed by atoms with Gasteiger partial charge in [0.2, 0.25) is 0 Å². The van der Waals surface area contributed by atoms with Crippen LogP contribution in [0.15, 0.2) is 46.1 Å². The molecule has 0 aliphatic rings. The molecule has 92 valence electrons. The fourth-order valence-electron chi connectivity index (χ4n) is 1.48. The van der Waals surface area contributed by atoms with Gasteiger partial charge in [0, 0.05) is 10.7 Å². The molecule has 2 N–H and O–H groups in total. The number of amides is 1. The number of carbonyl (C=O) groups excluding carboxylic acids is 1. The van der Waals surface area contributed by atoms with Crippen molar-refractivity contribution in [1.82, 2.24) is 10.4 Å². The number of hydrogen-bond acceptors (Lipinski definition) is 2. The summed E-state index contributed by atoms with van der Waals surface area (Å²) in [5, 5.41) is 3.91. The lowest BCUT2D eigenvalue weighted by Gasteiger charge is -1.97. The second-order valence-electron chi connectivity index (χ2n) is 3.84. The molecule has 0 saturated carbocycles. The van der Waals surface area contributed by atoms with Crippen molar-refractivity contribution in [2.45, 2.75) is 6.92 Å². The highest BCUT2D eigenvalue weighted by Gasteiger charge is 2.05. The van der Waals surface area contributed by atoms with E-state index >= 15 is 0 Å². The summed E-state index contributed by atoms with van der Waals surface area (Å²) in [4.78, 5) is 14.5. The predicted molar refractivity (Wildman–Crippen MR) is 74.7 cm³/mol. The molecule has 1 aromatic carbocycles. The fourth-order valence-corrected chi connectivity index (χ4v) is 1.82. The van der Waals surface area contributed by atoms with Gasteiger partial charge in [-0.3, -0.25) is 4.79 Å². The van der Waals surface area contributed by atoms with Crippen molar-refractivity contribution in [3.63, 3.8) is 0 Å². The first-order valence-electron chi connectivity index (χ1n) is 5.39. The molecule has 2 rings (SSSR count). The molecule has 0 bridgehead atoms. The van der Waals surface area contributed by atoms with E-state index in [2.05, 4.69) is 31.4 Å². The molecule has 0 aliphatic carbocycles. The first kappa shape index (κ1) is 12.6. The van der Waals surface area contributed by atoms with E-state index in [4.69, 9.17) is 0 Å². The van der Waals surface area contributed by atoms with E-state index in [-0.39, 0.29) is 5.91 Å². The number of carbonyl (C=O) groups is 1. The minimum absolute atomic E-state index is 0.274. The lowest BCUT2D eigenvalue weighted by Crippen LogP contribution is -2.17. The highest BCUT2D eigenvalue weighted by Crippen LogP contribution is 2.10. The number of hydrazone groups is 1. The van der Waals surface area contributed by atoms with E-state index in [9.17, 15) is 4.79 Å². The van der Waals surface area contributed by atoms with Crippen molar-refractivity contribution in [2.24, 2.45) is 5.10 Å². The summed E-state index contributed by atoms with van der Waals surface area (Å²) in [6.45, 7) is 2.01. The highest BCUT2D eigenvalue weighted by atomic mass is 79.9. The Morgan fingerprint density at radius 2 is 2.28 bits per heavy atom. The standard InChI is InChI=1S/C13H12BrN3O/c1-9-3-2-4-10(5-9)7-16-17-13(18)12-6-11(14)8-15-12/h2-8,15H,1H3,(H,17,18)/b16-7-. The molecule has 0 radical (unpaired) electrons. The molecule has 5 heteroatoms. The van der Waals surface area contributed by atoms with Crippen LogP contribution in [0.1, 0.15) is 21.6 Å². The Balaban J connectivity index is 1.97. The molecular weight excluding hydrogens is 294 g/mol. The number of nitrogens with one attached hydrogen (secondary N) is 2. The van der Waals surface area contributed by atoms with E-state index in [0.717, 1.165) is 15.6 Å². The van der Waals surface area contributed by atoms with Gasteiger partial charge in [-0.2, -0.15) is 5.10 Å². The van der Waals surface area contributed by atoms with E-state index in [0.29, 0.717) is 5.69 Å². The number of aromatic nitrogens is 1. The maximum Gasteiger partial charge on any atom is 0.287 e. The van der Waals surface area contributed by atoms with Crippen LogP contribution < -0.4 is 5.43 Å². The van der Waals surface area contributed by atoms with Crippen LogP contribution in [-0.2, 0) is 0 Å². The van der Waals surface area contributed by atoms with Gasteiger partial charge in [0.1, 0.15) is 5.69 Å². The average Bonchev–Trinajstić information content (AvgIpc) is 2.76. The first-order valence-corrected chi connectivity index (χ1v) is 6.18. The highest BCUT2D eigenvalue weighted by molar-refractivity contribution is 9.10. The minimum Gasteiger partial charge on any atom is -0.356 e. The fraction of sp³-hybridized carbons (Fsp3) is 0.0769. The van der Waals surface area contributed by atoms with Gasteiger partial charge in [-0.05, 0) is 34.5 Å². The third-order valence-corrected chi connectivity index (χ3v) is 2.77. The maximum absolute atomic E-state index is 11.6. The molecule has 1 amide bonds. The molecule has 18 heavy (non-hydrogen) atoms. The van der Waals surface area contributed by atoms with Crippen LogP contribution in [0.4, 0.5) is 0 Å². The molecule has 0 atom stereocenters. The molecule has 1 aromatic heterocycles. The Morgan fingerprint density at radius 1 is 1.44 bits per heavy atom. The van der Waals surface area contributed by atoms with Crippen LogP contribution in [0.2, 0.25) is 0 Å². The zero-order valence-electron chi connectivity index (χ0n) is 9.77. The Morgan fingerprint density at radius 3 is 2.94 bits per heavy atom. The monoisotopic (exact) mass is 305 g/mol. The van der Waals surface area contributed by atoms with Crippen molar-refractivity contribution >= 4 is 28.1 Å². The smallest absolute Gasteiger partial charge is 0.287 e. The largest absolute Gasteiger partial charge is 0.356 e. The molecule has 0 saturated heterocycles. The molecule has 0 fully saturated rings. The second-order valence-corrected chi connectivity index (χ2v) is 4.76. The quantitative estimate of drug-likeness (QED) is 0.665. The summed E-state index contributed by atoms with van der Waals surface area (Å²) in [7, 11) is 0. The molecule has 0 aliphatic heterocycles. The van der Waals surface area contributed by atoms with Gasteiger partial charge in [-0.15, -0.1) is 0 Å². The van der Waals surface area contributed by atoms with Gasteiger partial charge in [0.15, 0.2) is 0 Å². The lowest BCUT2D eigenvalue weighted by molar-refractivity contribution is 0.0951. The number of aromatic amines is 1. The summed E-state index contributed by atoms with van der Waals surface area (Å²) in [6.07, 6.45) is 3.31. The van der Waals surface area contributed by atoms with Gasteiger partial charge in [0.25, 0.3) is 5.91 Å². The molecule has 0 spiro atoms. The van der Waals surface area contributed by atoms with Gasteiger partial charge in [-0.1, -0.05) is 29.8 Å². The molecule has 4 nitrogen and oxygen atoms in total. The number of aryl methyl sites for hydroxylation is 1. The van der Waals surface area contributed by atoms with Gasteiger partial charge in [-0.25, -0.2) is 5.43 Å². The molecular formula is C13H12BrN3O. The van der Waals surface area contributed by atoms with Crippen molar-refractivity contribution in [1.29, 1.82) is 0 Å². The van der Waals surface area contributed by atoms with E-state index in [1.165, 1.54) is 0 Å². The van der Waals surface area contributed by atoms with Crippen molar-refractivity contribution in [3.05, 3.63) is 57.8 Å². The average molecular weight is 306 g/mol. The minimum atomic E-state index is -0.274. The summed E-state index contributed by atoms with van der Waals surface area (Å²) >= 11 is 3.26. The van der Waals surface area contributed by atoms with Crippen LogP contribution >= 0.6 is 15.9 Å². The first-order chi connectivity index (χ1) is 8.65. The van der Waals surface area contributed by atoms with Crippen LogP contribution in [-0.4, -0.2) is 17.1 Å². The van der Waals surface area contributed by atoms with E-state index in [1.54, 1.807) is 18.5 Å². The zero-order chi connectivity index (χ0) is 13.0. The normalized spacial score (nSPS) is 10.8. The third-order valence-electron chi connectivity index (χ3n) is 2.31. The number of H-pyrrole nitrogens is 1. The Kier molecular flexibility index (Phi) is 3.94. The Bertz CT molecular complexity index is 589. The van der Waals surface area contributed by atoms with Crippen molar-refractivity contribution in [2.75, 3.05) is 0 Å².